The molecule has 0 amide bonds. The second-order valence-corrected chi connectivity index (χ2v) is 10.6. The average molecular weight is 423 g/mol. The molecule has 0 spiro atoms. The predicted molar refractivity (Wildman–Crippen MR) is 108 cm³/mol. The van der Waals surface area contributed by atoms with Crippen molar-refractivity contribution in [2.45, 2.75) is 51.6 Å². The topological polar surface area (TPSA) is 92.7 Å². The van der Waals surface area contributed by atoms with E-state index >= 15 is 0 Å². The van der Waals surface area contributed by atoms with Crippen molar-refractivity contribution >= 4 is 9.84 Å². The lowest BCUT2D eigenvalue weighted by Crippen LogP contribution is -2.33. The molecule has 8 nitrogen and oxygen atoms in total. The highest BCUT2D eigenvalue weighted by molar-refractivity contribution is 7.91. The molecule has 0 saturated carbocycles. The van der Waals surface area contributed by atoms with Gasteiger partial charge in [0, 0.05) is 25.2 Å². The summed E-state index contributed by atoms with van der Waals surface area (Å²) in [5.41, 5.74) is 1.83. The number of sulfone groups is 1. The van der Waals surface area contributed by atoms with E-state index in [1.54, 1.807) is 0 Å². The first-order valence-corrected chi connectivity index (χ1v) is 12.3. The number of nitrogens with zero attached hydrogens (tertiary/aromatic N) is 4. The molecule has 0 aliphatic carbocycles. The van der Waals surface area contributed by atoms with Gasteiger partial charge in [0.1, 0.15) is 22.9 Å². The van der Waals surface area contributed by atoms with Crippen molar-refractivity contribution in [2.75, 3.05) is 37.7 Å². The predicted octanol–water partition coefficient (Wildman–Crippen LogP) is 2.67. The van der Waals surface area contributed by atoms with Crippen LogP contribution in [-0.4, -0.2) is 66.2 Å². The van der Waals surface area contributed by atoms with Crippen LogP contribution in [0, 0.1) is 13.8 Å². The van der Waals surface area contributed by atoms with E-state index in [-0.39, 0.29) is 23.6 Å². The Labute approximate surface area is 172 Å². The van der Waals surface area contributed by atoms with Crippen LogP contribution in [0.3, 0.4) is 0 Å². The lowest BCUT2D eigenvalue weighted by atomic mass is 10.1. The minimum atomic E-state index is -3.13. The van der Waals surface area contributed by atoms with Gasteiger partial charge in [-0.25, -0.2) is 8.42 Å². The Kier molecular flexibility index (Phi) is 6.08. The second-order valence-electron chi connectivity index (χ2n) is 8.26. The summed E-state index contributed by atoms with van der Waals surface area (Å²) in [6.45, 7) is 6.67. The van der Waals surface area contributed by atoms with Crippen LogP contribution in [-0.2, 0) is 9.84 Å². The summed E-state index contributed by atoms with van der Waals surface area (Å²) in [7, 11) is -3.13. The Bertz CT molecular complexity index is 854. The van der Waals surface area contributed by atoms with Crippen LogP contribution >= 0.6 is 0 Å². The summed E-state index contributed by atoms with van der Waals surface area (Å²) in [5, 5.41) is 8.27. The Balaban J connectivity index is 1.30. The van der Waals surface area contributed by atoms with Crippen molar-refractivity contribution in [3.05, 3.63) is 35.0 Å². The maximum Gasteiger partial charge on any atom is 0.152 e. The van der Waals surface area contributed by atoms with Crippen LogP contribution in [0.1, 0.15) is 60.7 Å². The molecular weight excluding hydrogens is 392 g/mol. The lowest BCUT2D eigenvalue weighted by Gasteiger charge is -2.24. The van der Waals surface area contributed by atoms with E-state index in [1.165, 1.54) is 0 Å². The molecule has 2 aromatic rings. The Hall–Kier alpha value is -1.71. The molecule has 4 heterocycles. The van der Waals surface area contributed by atoms with Crippen LogP contribution < -0.4 is 0 Å². The van der Waals surface area contributed by atoms with Crippen molar-refractivity contribution in [3.8, 4) is 0 Å². The highest BCUT2D eigenvalue weighted by Crippen LogP contribution is 2.32. The summed E-state index contributed by atoms with van der Waals surface area (Å²) in [6.07, 6.45) is 4.11. The normalized spacial score (nSPS) is 23.9. The first kappa shape index (κ1) is 20.6. The largest absolute Gasteiger partial charge is 0.361 e. The number of aromatic nitrogens is 2. The van der Waals surface area contributed by atoms with Gasteiger partial charge in [-0.2, -0.15) is 0 Å². The fourth-order valence-corrected chi connectivity index (χ4v) is 5.79. The van der Waals surface area contributed by atoms with Gasteiger partial charge in [0.25, 0.3) is 0 Å². The van der Waals surface area contributed by atoms with Crippen LogP contribution in [0.4, 0.5) is 0 Å². The quantitative estimate of drug-likeness (QED) is 0.641. The lowest BCUT2D eigenvalue weighted by molar-refractivity contribution is 0.254. The molecule has 2 atom stereocenters. The van der Waals surface area contributed by atoms with Crippen molar-refractivity contribution < 1.29 is 17.5 Å². The van der Waals surface area contributed by atoms with Crippen LogP contribution in [0.5, 0.6) is 0 Å². The zero-order chi connectivity index (χ0) is 20.4. The molecule has 0 radical (unpaired) electrons. The maximum absolute atomic E-state index is 12.7. The van der Waals surface area contributed by atoms with Crippen molar-refractivity contribution in [1.82, 2.24) is 20.1 Å². The number of hydrogen-bond donors (Lipinski definition) is 0. The summed E-state index contributed by atoms with van der Waals surface area (Å²) in [4.78, 5) is 4.46. The SMILES string of the molecule is Cc1cc(C2CCCN2CCS(=O)(=O)CCN2CCCC2c2cc(C)on2)no1. The van der Waals surface area contributed by atoms with E-state index in [0.717, 1.165) is 61.7 Å². The Morgan fingerprint density at radius 3 is 1.72 bits per heavy atom. The van der Waals surface area contributed by atoms with E-state index in [9.17, 15) is 8.42 Å². The van der Waals surface area contributed by atoms with Gasteiger partial charge in [-0.05, 0) is 52.6 Å². The zero-order valence-corrected chi connectivity index (χ0v) is 18.0. The number of likely N-dealkylation sites (tertiary alicyclic amines) is 2. The molecule has 2 unspecified atom stereocenters. The first-order chi connectivity index (χ1) is 13.9. The van der Waals surface area contributed by atoms with Gasteiger partial charge in [0.2, 0.25) is 0 Å². The summed E-state index contributed by atoms with van der Waals surface area (Å²) >= 11 is 0. The molecule has 2 aliphatic rings. The van der Waals surface area contributed by atoms with Crippen molar-refractivity contribution in [3.63, 3.8) is 0 Å². The first-order valence-electron chi connectivity index (χ1n) is 10.5. The molecule has 9 heteroatoms. The second kappa shape index (κ2) is 8.57. The molecule has 2 aliphatic heterocycles. The standard InChI is InChI=1S/C20H30N4O4S/c1-15-13-17(21-27-15)19-5-3-7-23(19)9-11-29(25,26)12-10-24-8-4-6-20(24)18-14-16(2)28-22-18/h13-14,19-20H,3-12H2,1-2H3. The Morgan fingerprint density at radius 1 is 0.897 bits per heavy atom. The highest BCUT2D eigenvalue weighted by Gasteiger charge is 2.31. The van der Waals surface area contributed by atoms with Gasteiger partial charge >= 0.3 is 0 Å². The highest BCUT2D eigenvalue weighted by atomic mass is 32.2. The maximum atomic E-state index is 12.7. The number of aryl methyl sites for hydroxylation is 2. The van der Waals surface area contributed by atoms with Gasteiger partial charge in [-0.15, -0.1) is 0 Å². The third-order valence-corrected chi connectivity index (χ3v) is 7.69. The fraction of sp³-hybridized carbons (Fsp3) is 0.700. The zero-order valence-electron chi connectivity index (χ0n) is 17.2. The number of hydrogen-bond acceptors (Lipinski definition) is 8. The van der Waals surface area contributed by atoms with E-state index < -0.39 is 9.84 Å². The van der Waals surface area contributed by atoms with E-state index in [1.807, 2.05) is 26.0 Å². The molecule has 4 rings (SSSR count). The van der Waals surface area contributed by atoms with Crippen molar-refractivity contribution in [2.24, 2.45) is 0 Å². The summed E-state index contributed by atoms with van der Waals surface area (Å²) < 4.78 is 35.8. The molecule has 2 saturated heterocycles. The van der Waals surface area contributed by atoms with Gasteiger partial charge in [-0.1, -0.05) is 10.3 Å². The molecule has 160 valence electrons. The minimum absolute atomic E-state index is 0.168. The molecule has 29 heavy (non-hydrogen) atoms. The van der Waals surface area contributed by atoms with Crippen LogP contribution in [0.2, 0.25) is 0 Å². The number of rotatable bonds is 8. The third-order valence-electron chi connectivity index (χ3n) is 6.08. The monoisotopic (exact) mass is 422 g/mol. The molecular formula is C20H30N4O4S. The van der Waals surface area contributed by atoms with Gasteiger partial charge < -0.3 is 9.05 Å². The average Bonchev–Trinajstić information content (AvgIpc) is 3.45. The summed E-state index contributed by atoms with van der Waals surface area (Å²) in [6, 6.07) is 4.25. The molecule has 0 bridgehead atoms. The smallest absolute Gasteiger partial charge is 0.152 e. The fourth-order valence-electron chi connectivity index (χ4n) is 4.56. The molecule has 2 aromatic heterocycles. The van der Waals surface area contributed by atoms with Gasteiger partial charge in [0.05, 0.1) is 23.6 Å². The molecule has 0 N–H and O–H groups in total. The van der Waals surface area contributed by atoms with E-state index in [4.69, 9.17) is 9.05 Å². The van der Waals surface area contributed by atoms with Crippen LogP contribution in [0.15, 0.2) is 21.2 Å². The third kappa shape index (κ3) is 4.90. The van der Waals surface area contributed by atoms with Crippen LogP contribution in [0.25, 0.3) is 0 Å². The van der Waals surface area contributed by atoms with Gasteiger partial charge in [-0.3, -0.25) is 9.80 Å². The molecule has 2 fully saturated rings. The Morgan fingerprint density at radius 2 is 1.34 bits per heavy atom. The van der Waals surface area contributed by atoms with Crippen molar-refractivity contribution in [1.29, 1.82) is 0 Å². The van der Waals surface area contributed by atoms with E-state index in [2.05, 4.69) is 20.1 Å². The van der Waals surface area contributed by atoms with E-state index in [0.29, 0.717) is 13.1 Å². The van der Waals surface area contributed by atoms with Gasteiger partial charge in [0.15, 0.2) is 9.84 Å². The molecule has 0 aromatic carbocycles. The minimum Gasteiger partial charge on any atom is -0.361 e. The summed E-state index contributed by atoms with van der Waals surface area (Å²) in [5.74, 6) is 1.95.